The molecule has 0 aliphatic carbocycles. The fraction of sp³-hybridized carbons (Fsp3) is 0.286. The molecule has 0 saturated carbocycles. The van der Waals surface area contributed by atoms with E-state index in [2.05, 4.69) is 26.6 Å². The Labute approximate surface area is 181 Å². The molecule has 1 heterocycles. The number of hydrogen-bond acceptors (Lipinski definition) is 7. The van der Waals surface area contributed by atoms with Crippen LogP contribution in [0.2, 0.25) is 0 Å². The predicted molar refractivity (Wildman–Crippen MR) is 119 cm³/mol. The molecule has 1 aromatic heterocycles. The van der Waals surface area contributed by atoms with Gasteiger partial charge in [0, 0.05) is 18.6 Å². The van der Waals surface area contributed by atoms with E-state index < -0.39 is 16.8 Å². The van der Waals surface area contributed by atoms with Gasteiger partial charge < -0.3 is 25.1 Å². The van der Waals surface area contributed by atoms with Gasteiger partial charge in [-0.15, -0.1) is 0 Å². The fourth-order valence-corrected chi connectivity index (χ4v) is 3.56. The summed E-state index contributed by atoms with van der Waals surface area (Å²) in [5.74, 6) is 0.659. The number of aromatic hydroxyl groups is 1. The Morgan fingerprint density at radius 2 is 1.83 bits per heavy atom. The number of rotatable bonds is 7. The number of halogens is 1. The molecule has 30 heavy (non-hydrogen) atoms. The van der Waals surface area contributed by atoms with E-state index >= 15 is 0 Å². The van der Waals surface area contributed by atoms with Crippen molar-refractivity contribution in [3.05, 3.63) is 66.3 Å². The van der Waals surface area contributed by atoms with Crippen molar-refractivity contribution in [3.63, 3.8) is 0 Å². The van der Waals surface area contributed by atoms with Crippen LogP contribution in [0.4, 0.5) is 17.1 Å². The van der Waals surface area contributed by atoms with Crippen LogP contribution >= 0.6 is 15.9 Å². The molecule has 0 saturated heterocycles. The minimum atomic E-state index is -0.703. The molecule has 1 amide bonds. The summed E-state index contributed by atoms with van der Waals surface area (Å²) in [5.41, 5.74) is -1.02. The molecular formula is C21H22BrN3O5. The van der Waals surface area contributed by atoms with Crippen LogP contribution in [0, 0.1) is 6.92 Å². The summed E-state index contributed by atoms with van der Waals surface area (Å²) in [4.78, 5) is 38.1. The molecule has 3 rings (SSSR count). The first-order valence-corrected chi connectivity index (χ1v) is 10.1. The van der Waals surface area contributed by atoms with E-state index in [-0.39, 0.29) is 34.4 Å². The van der Waals surface area contributed by atoms with Gasteiger partial charge in [-0.2, -0.15) is 0 Å². The first-order chi connectivity index (χ1) is 14.1. The van der Waals surface area contributed by atoms with E-state index in [9.17, 15) is 19.5 Å². The van der Waals surface area contributed by atoms with Crippen molar-refractivity contribution in [1.82, 2.24) is 4.90 Å². The molecular weight excluding hydrogens is 454 g/mol. The van der Waals surface area contributed by atoms with Crippen LogP contribution in [0.15, 0.2) is 42.7 Å². The number of carbonyl (C=O) groups excluding carboxylic acids is 1. The standard InChI is InChI=1S/C21H22BrN3O5/c1-5-12(14-9-6-10(2)30-14)23-16-17(20(28)19(16)27)24-13-8-7-11(22)15(18(13)26)21(29)25(3)4/h6-9,12,23-24,26H,5H2,1-4H3/t12-/m1/s1. The number of phenols is 1. The van der Waals surface area contributed by atoms with E-state index in [1.807, 2.05) is 26.0 Å². The molecule has 9 heteroatoms. The molecule has 3 N–H and O–H groups in total. The second-order valence-corrected chi connectivity index (χ2v) is 7.96. The predicted octanol–water partition coefficient (Wildman–Crippen LogP) is 3.66. The number of furan rings is 1. The van der Waals surface area contributed by atoms with Gasteiger partial charge in [0.05, 0.1) is 17.3 Å². The highest BCUT2D eigenvalue weighted by molar-refractivity contribution is 9.10. The molecule has 0 aliphatic heterocycles. The second-order valence-electron chi connectivity index (χ2n) is 7.10. The second kappa shape index (κ2) is 8.35. The lowest BCUT2D eigenvalue weighted by Gasteiger charge is -2.21. The van der Waals surface area contributed by atoms with Crippen LogP contribution in [-0.2, 0) is 0 Å². The zero-order chi connectivity index (χ0) is 22.2. The fourth-order valence-electron chi connectivity index (χ4n) is 3.07. The first kappa shape index (κ1) is 21.6. The highest BCUT2D eigenvalue weighted by Crippen LogP contribution is 2.37. The Morgan fingerprint density at radius 1 is 1.17 bits per heavy atom. The van der Waals surface area contributed by atoms with Gasteiger partial charge in [-0.1, -0.05) is 6.92 Å². The minimum Gasteiger partial charge on any atom is -0.505 e. The number of nitrogens with zero attached hydrogens (tertiary/aromatic N) is 1. The van der Waals surface area contributed by atoms with Gasteiger partial charge in [0.15, 0.2) is 5.75 Å². The quantitative estimate of drug-likeness (QED) is 0.353. The Kier molecular flexibility index (Phi) is 6.02. The van der Waals surface area contributed by atoms with Crippen LogP contribution in [-0.4, -0.2) is 30.0 Å². The molecule has 1 atom stereocenters. The Hall–Kier alpha value is -3.07. The summed E-state index contributed by atoms with van der Waals surface area (Å²) in [6.07, 6.45) is 0.621. The average molecular weight is 476 g/mol. The van der Waals surface area contributed by atoms with E-state index in [0.29, 0.717) is 16.7 Å². The lowest BCUT2D eigenvalue weighted by molar-refractivity contribution is 0.0824. The summed E-state index contributed by atoms with van der Waals surface area (Å²) in [6, 6.07) is 6.43. The molecule has 0 bridgehead atoms. The molecule has 3 aromatic rings. The minimum absolute atomic E-state index is 0.0302. The lowest BCUT2D eigenvalue weighted by Crippen LogP contribution is -2.37. The Balaban J connectivity index is 1.94. The van der Waals surface area contributed by atoms with Crippen molar-refractivity contribution in [2.24, 2.45) is 0 Å². The van der Waals surface area contributed by atoms with Gasteiger partial charge in [0.25, 0.3) is 16.8 Å². The first-order valence-electron chi connectivity index (χ1n) is 9.32. The molecule has 0 spiro atoms. The molecule has 2 aromatic carbocycles. The van der Waals surface area contributed by atoms with E-state index in [1.165, 1.54) is 11.0 Å². The zero-order valence-electron chi connectivity index (χ0n) is 17.0. The van der Waals surface area contributed by atoms with Gasteiger partial charge in [-0.25, -0.2) is 0 Å². The summed E-state index contributed by atoms with van der Waals surface area (Å²) >= 11 is 3.26. The smallest absolute Gasteiger partial charge is 0.258 e. The largest absolute Gasteiger partial charge is 0.505 e. The van der Waals surface area contributed by atoms with E-state index in [4.69, 9.17) is 4.42 Å². The summed E-state index contributed by atoms with van der Waals surface area (Å²) in [6.45, 7) is 3.75. The van der Waals surface area contributed by atoms with E-state index in [0.717, 1.165) is 5.76 Å². The van der Waals surface area contributed by atoms with Crippen LogP contribution in [0.5, 0.6) is 5.75 Å². The zero-order valence-corrected chi connectivity index (χ0v) is 18.6. The number of benzene rings is 1. The lowest BCUT2D eigenvalue weighted by atomic mass is 10.1. The van der Waals surface area contributed by atoms with Gasteiger partial charge in [-0.3, -0.25) is 14.4 Å². The number of amides is 1. The third-order valence-electron chi connectivity index (χ3n) is 4.75. The third kappa shape index (κ3) is 3.85. The summed E-state index contributed by atoms with van der Waals surface area (Å²) in [7, 11) is 3.13. The van der Waals surface area contributed by atoms with Gasteiger partial charge >= 0.3 is 0 Å². The molecule has 158 valence electrons. The average Bonchev–Trinajstić information content (AvgIpc) is 3.14. The third-order valence-corrected chi connectivity index (χ3v) is 5.41. The van der Waals surface area contributed by atoms with Gasteiger partial charge in [-0.05, 0) is 53.5 Å². The molecule has 0 unspecified atom stereocenters. The molecule has 0 aliphatic rings. The van der Waals surface area contributed by atoms with Crippen molar-refractivity contribution in [1.29, 1.82) is 0 Å². The van der Waals surface area contributed by atoms with Gasteiger partial charge in [0.1, 0.15) is 22.9 Å². The van der Waals surface area contributed by atoms with Crippen molar-refractivity contribution < 1.29 is 14.3 Å². The normalized spacial score (nSPS) is 12.0. The number of phenolic OH excluding ortho intramolecular Hbond substituents is 1. The monoisotopic (exact) mass is 475 g/mol. The highest BCUT2D eigenvalue weighted by atomic mass is 79.9. The Bertz CT molecular complexity index is 1170. The number of anilines is 3. The number of hydrogen-bond donors (Lipinski definition) is 3. The SMILES string of the molecule is CC[C@@H](Nc1c(Nc2ccc(Br)c(C(=O)N(C)C)c2O)c(=O)c1=O)c1ccc(C)o1. The maximum atomic E-state index is 12.4. The topological polar surface area (TPSA) is 112 Å². The summed E-state index contributed by atoms with van der Waals surface area (Å²) in [5, 5.41) is 16.5. The molecule has 0 radical (unpaired) electrons. The molecule has 8 nitrogen and oxygen atoms in total. The van der Waals surface area contributed by atoms with Gasteiger partial charge in [0.2, 0.25) is 0 Å². The van der Waals surface area contributed by atoms with Crippen LogP contribution in [0.25, 0.3) is 0 Å². The number of aryl methyl sites for hydroxylation is 1. The maximum absolute atomic E-state index is 12.4. The van der Waals surface area contributed by atoms with Crippen LogP contribution < -0.4 is 21.5 Å². The van der Waals surface area contributed by atoms with Crippen molar-refractivity contribution in [3.8, 4) is 5.75 Å². The van der Waals surface area contributed by atoms with Crippen LogP contribution in [0.1, 0.15) is 41.3 Å². The molecule has 0 fully saturated rings. The summed E-state index contributed by atoms with van der Waals surface area (Å²) < 4.78 is 6.04. The highest BCUT2D eigenvalue weighted by Gasteiger charge is 2.27. The maximum Gasteiger partial charge on any atom is 0.258 e. The van der Waals surface area contributed by atoms with Crippen molar-refractivity contribution in [2.75, 3.05) is 24.7 Å². The Morgan fingerprint density at radius 3 is 2.40 bits per heavy atom. The number of carbonyl (C=O) groups is 1. The van der Waals surface area contributed by atoms with Crippen LogP contribution in [0.3, 0.4) is 0 Å². The van der Waals surface area contributed by atoms with E-state index in [1.54, 1.807) is 20.2 Å². The van der Waals surface area contributed by atoms with Crippen molar-refractivity contribution >= 4 is 38.9 Å². The van der Waals surface area contributed by atoms with Crippen molar-refractivity contribution in [2.45, 2.75) is 26.3 Å². The number of nitrogens with one attached hydrogen (secondary N) is 2.